The third-order valence-corrected chi connectivity index (χ3v) is 4.39. The van der Waals surface area contributed by atoms with Crippen molar-refractivity contribution < 1.29 is 4.42 Å². The Morgan fingerprint density at radius 3 is 2.95 bits per heavy atom. The Morgan fingerprint density at radius 1 is 1.27 bits per heavy atom. The van der Waals surface area contributed by atoms with Gasteiger partial charge in [-0.05, 0) is 48.9 Å². The van der Waals surface area contributed by atoms with Gasteiger partial charge in [0.05, 0.1) is 21.8 Å². The van der Waals surface area contributed by atoms with Crippen molar-refractivity contribution in [3.8, 4) is 0 Å². The molecule has 1 aromatic carbocycles. The molecular weight excluding hydrogens is 296 g/mol. The molecular formula is C17H12N2O2S. The van der Waals surface area contributed by atoms with E-state index >= 15 is 0 Å². The summed E-state index contributed by atoms with van der Waals surface area (Å²) in [6.45, 7) is 1.95. The van der Waals surface area contributed by atoms with E-state index in [1.807, 2.05) is 55.5 Å². The van der Waals surface area contributed by atoms with Crippen molar-refractivity contribution in [1.29, 1.82) is 0 Å². The normalized spacial score (nSPS) is 13.5. The van der Waals surface area contributed by atoms with E-state index in [1.54, 1.807) is 10.7 Å². The van der Waals surface area contributed by atoms with Crippen molar-refractivity contribution in [1.82, 2.24) is 9.38 Å². The van der Waals surface area contributed by atoms with Crippen molar-refractivity contribution in [3.05, 3.63) is 68.9 Å². The predicted octanol–water partition coefficient (Wildman–Crippen LogP) is 3.11. The molecule has 22 heavy (non-hydrogen) atoms. The minimum Gasteiger partial charge on any atom is -0.465 e. The van der Waals surface area contributed by atoms with Gasteiger partial charge in [-0.1, -0.05) is 23.5 Å². The van der Waals surface area contributed by atoms with Gasteiger partial charge >= 0.3 is 0 Å². The maximum atomic E-state index is 12.6. The van der Waals surface area contributed by atoms with E-state index in [1.165, 1.54) is 11.3 Å². The molecule has 0 aliphatic carbocycles. The number of nitrogens with zero attached hydrogens (tertiary/aromatic N) is 2. The number of thiazole rings is 1. The van der Waals surface area contributed by atoms with Gasteiger partial charge in [0.2, 0.25) is 0 Å². The van der Waals surface area contributed by atoms with Crippen LogP contribution in [0.5, 0.6) is 0 Å². The highest BCUT2D eigenvalue weighted by molar-refractivity contribution is 7.15. The van der Waals surface area contributed by atoms with Crippen LogP contribution in [0.3, 0.4) is 0 Å². The minimum absolute atomic E-state index is 0.0269. The minimum atomic E-state index is -0.0269. The van der Waals surface area contributed by atoms with Crippen LogP contribution in [-0.2, 0) is 0 Å². The van der Waals surface area contributed by atoms with Crippen LogP contribution in [0.4, 0.5) is 0 Å². The number of para-hydroxylation sites is 2. The van der Waals surface area contributed by atoms with E-state index in [-0.39, 0.29) is 5.56 Å². The van der Waals surface area contributed by atoms with Gasteiger partial charge < -0.3 is 4.42 Å². The van der Waals surface area contributed by atoms with Crippen molar-refractivity contribution in [2.75, 3.05) is 0 Å². The largest absolute Gasteiger partial charge is 0.465 e. The molecule has 4 aromatic rings. The number of rotatable bonds is 2. The first-order valence-corrected chi connectivity index (χ1v) is 7.67. The third kappa shape index (κ3) is 2.07. The fraction of sp³-hybridized carbons (Fsp3) is 0.0588. The first-order chi connectivity index (χ1) is 10.7. The van der Waals surface area contributed by atoms with E-state index in [0.717, 1.165) is 27.3 Å². The lowest BCUT2D eigenvalue weighted by molar-refractivity contribution is 0.557. The van der Waals surface area contributed by atoms with Gasteiger partial charge in [-0.2, -0.15) is 0 Å². The van der Waals surface area contributed by atoms with Gasteiger partial charge in [-0.25, -0.2) is 9.38 Å². The molecule has 0 saturated heterocycles. The average Bonchev–Trinajstić information content (AvgIpc) is 3.18. The molecule has 0 amide bonds. The number of imidazole rings is 1. The summed E-state index contributed by atoms with van der Waals surface area (Å²) in [4.78, 5) is 17.8. The Labute approximate surface area is 129 Å². The molecule has 3 aromatic heterocycles. The lowest BCUT2D eigenvalue weighted by Crippen LogP contribution is -2.22. The summed E-state index contributed by atoms with van der Waals surface area (Å²) in [5.41, 5.74) is 2.63. The van der Waals surface area contributed by atoms with Crippen molar-refractivity contribution >= 4 is 39.5 Å². The molecule has 0 aliphatic rings. The molecule has 0 atom stereocenters. The Morgan fingerprint density at radius 2 is 2.14 bits per heavy atom. The van der Waals surface area contributed by atoms with E-state index < -0.39 is 0 Å². The number of aromatic nitrogens is 2. The number of allylic oxidation sites excluding steroid dienone is 1. The van der Waals surface area contributed by atoms with E-state index in [0.29, 0.717) is 4.53 Å². The lowest BCUT2D eigenvalue weighted by Gasteiger charge is -1.89. The molecule has 0 N–H and O–H groups in total. The number of furan rings is 1. The number of hydrogen-bond donors (Lipinski definition) is 0. The van der Waals surface area contributed by atoms with Gasteiger partial charge in [-0.15, -0.1) is 0 Å². The van der Waals surface area contributed by atoms with Crippen LogP contribution in [0.2, 0.25) is 0 Å². The maximum Gasteiger partial charge on any atom is 0.274 e. The van der Waals surface area contributed by atoms with Crippen LogP contribution in [0.15, 0.2) is 57.4 Å². The smallest absolute Gasteiger partial charge is 0.274 e. The van der Waals surface area contributed by atoms with E-state index in [4.69, 9.17) is 4.42 Å². The van der Waals surface area contributed by atoms with Gasteiger partial charge in [-0.3, -0.25) is 4.79 Å². The summed E-state index contributed by atoms with van der Waals surface area (Å²) in [5.74, 6) is 0.771. The van der Waals surface area contributed by atoms with Crippen LogP contribution in [0.1, 0.15) is 12.7 Å². The summed E-state index contributed by atoms with van der Waals surface area (Å²) < 4.78 is 7.63. The zero-order valence-electron chi connectivity index (χ0n) is 11.8. The Hall–Kier alpha value is -2.66. The van der Waals surface area contributed by atoms with Gasteiger partial charge in [0.25, 0.3) is 5.56 Å². The van der Waals surface area contributed by atoms with Crippen molar-refractivity contribution in [3.63, 3.8) is 0 Å². The molecule has 0 aliphatic heterocycles. The van der Waals surface area contributed by atoms with Crippen molar-refractivity contribution in [2.45, 2.75) is 6.92 Å². The van der Waals surface area contributed by atoms with Gasteiger partial charge in [0.15, 0.2) is 4.96 Å². The highest BCUT2D eigenvalue weighted by Gasteiger charge is 2.10. The number of fused-ring (bicyclic) bond motifs is 3. The second-order valence-electron chi connectivity index (χ2n) is 5.04. The molecule has 0 fully saturated rings. The van der Waals surface area contributed by atoms with E-state index in [9.17, 15) is 4.79 Å². The SMILES string of the molecule is CC(/C=c1\sc2nc3ccccc3n2c1=O)=C\c1ccco1. The Balaban J connectivity index is 1.91. The van der Waals surface area contributed by atoms with Gasteiger partial charge in [0.1, 0.15) is 5.76 Å². The molecule has 0 spiro atoms. The summed E-state index contributed by atoms with van der Waals surface area (Å²) >= 11 is 1.40. The molecule has 3 heterocycles. The summed E-state index contributed by atoms with van der Waals surface area (Å²) in [5, 5.41) is 0. The average molecular weight is 308 g/mol. The molecule has 4 nitrogen and oxygen atoms in total. The fourth-order valence-corrected chi connectivity index (χ4v) is 3.49. The Kier molecular flexibility index (Phi) is 2.94. The van der Waals surface area contributed by atoms with Crippen molar-refractivity contribution in [2.24, 2.45) is 0 Å². The summed E-state index contributed by atoms with van der Waals surface area (Å²) in [6.07, 6.45) is 5.41. The van der Waals surface area contributed by atoms with Crippen LogP contribution in [0.25, 0.3) is 28.1 Å². The molecule has 0 radical (unpaired) electrons. The van der Waals surface area contributed by atoms with Crippen LogP contribution in [-0.4, -0.2) is 9.38 Å². The third-order valence-electron chi connectivity index (χ3n) is 3.42. The van der Waals surface area contributed by atoms with Crippen LogP contribution in [0, 0.1) is 0 Å². The second-order valence-corrected chi connectivity index (χ2v) is 6.05. The molecule has 0 bridgehead atoms. The summed E-state index contributed by atoms with van der Waals surface area (Å²) in [6, 6.07) is 11.4. The van der Waals surface area contributed by atoms with Crippen LogP contribution < -0.4 is 10.1 Å². The number of hydrogen-bond acceptors (Lipinski definition) is 4. The molecule has 5 heteroatoms. The Bertz CT molecular complexity index is 1100. The monoisotopic (exact) mass is 308 g/mol. The first-order valence-electron chi connectivity index (χ1n) is 6.86. The maximum absolute atomic E-state index is 12.6. The first kappa shape index (κ1) is 13.0. The zero-order chi connectivity index (χ0) is 15.1. The highest BCUT2D eigenvalue weighted by atomic mass is 32.1. The molecule has 4 rings (SSSR count). The summed E-state index contributed by atoms with van der Waals surface area (Å²) in [7, 11) is 0. The zero-order valence-corrected chi connectivity index (χ0v) is 12.6. The van der Waals surface area contributed by atoms with E-state index in [2.05, 4.69) is 4.98 Å². The molecule has 0 saturated carbocycles. The number of benzene rings is 1. The second kappa shape index (κ2) is 4.96. The lowest BCUT2D eigenvalue weighted by atomic mass is 10.2. The van der Waals surface area contributed by atoms with Crippen LogP contribution >= 0.6 is 11.3 Å². The molecule has 108 valence electrons. The quantitative estimate of drug-likeness (QED) is 0.571. The molecule has 0 unspecified atom stereocenters. The standard InChI is InChI=1S/C17H12N2O2S/c1-11(9-12-5-4-8-21-12)10-15-16(20)19-14-7-3-2-6-13(14)18-17(19)22-15/h2-10H,1H3/b11-9+,15-10-. The van der Waals surface area contributed by atoms with Gasteiger partial charge in [0, 0.05) is 0 Å². The highest BCUT2D eigenvalue weighted by Crippen LogP contribution is 2.15. The topological polar surface area (TPSA) is 47.5 Å². The predicted molar refractivity (Wildman–Crippen MR) is 88.9 cm³/mol. The fourth-order valence-electron chi connectivity index (χ4n) is 2.46.